The zero-order valence-corrected chi connectivity index (χ0v) is 73.9. The van der Waals surface area contributed by atoms with Crippen LogP contribution in [0.25, 0.3) is 0 Å². The first-order chi connectivity index (χ1) is 64.2. The van der Waals surface area contributed by atoms with Crippen molar-refractivity contribution in [3.8, 4) is 0 Å². The van der Waals surface area contributed by atoms with Gasteiger partial charge in [-0.15, -0.1) is 46.1 Å². The molecule has 42 atom stereocenters. The van der Waals surface area contributed by atoms with E-state index in [0.717, 1.165) is 0 Å². The molecule has 21 N–H and O–H groups in total. The lowest BCUT2D eigenvalue weighted by molar-refractivity contribution is -0.403. The predicted molar refractivity (Wildman–Crippen MR) is 444 cm³/mol. The molecule has 0 spiro atoms. The zero-order chi connectivity index (χ0) is 96.8. The molecular formula is C84H140O49. The molecule has 0 aromatic heterocycles. The van der Waals surface area contributed by atoms with E-state index in [4.69, 9.17) is 133 Å². The largest absolute Gasteiger partial charge is 0.394 e. The summed E-state index contributed by atoms with van der Waals surface area (Å²) >= 11 is 0. The van der Waals surface area contributed by atoms with Gasteiger partial charge in [-0.25, -0.2) is 0 Å². The van der Waals surface area contributed by atoms with Gasteiger partial charge in [0.25, 0.3) is 0 Å². The van der Waals surface area contributed by atoms with Gasteiger partial charge in [-0.1, -0.05) is 42.5 Å². The molecule has 0 aromatic carbocycles. The molecule has 0 aliphatic carbocycles. The van der Waals surface area contributed by atoms with Gasteiger partial charge in [0.15, 0.2) is 44.0 Å². The SMILES string of the molecule is C=CCOCC(O)COC1C2OC(CO)C(OC3OC(CO)C(OC4OC(CO)C(OC5OC(CO)C(OC6OC(CO)C(OC7OC(CO)C(OC8OC(CO)C(O2)C(O)C8OCC(O)COCC=C)C(O)C7OCC(O)COCC=C)C(O)C6OCC(O)COCC=C)C(O)C5OCC(O)COCC=C)C(O)C4OCC(O)COCC=C)C(O)C3OCC(O)COCC=C)C1O. The smallest absolute Gasteiger partial charge is 0.187 e. The van der Waals surface area contributed by atoms with Crippen molar-refractivity contribution >= 4 is 0 Å². The Labute approximate surface area is 768 Å². The molecular weight excluding hydrogens is 1790 g/mol. The van der Waals surface area contributed by atoms with E-state index >= 15 is 0 Å². The molecule has 770 valence electrons. The summed E-state index contributed by atoms with van der Waals surface area (Å²) in [5.41, 5.74) is 0. The molecule has 49 nitrogen and oxygen atoms in total. The van der Waals surface area contributed by atoms with Crippen molar-refractivity contribution in [3.05, 3.63) is 88.6 Å². The molecule has 0 aromatic rings. The van der Waals surface area contributed by atoms with Gasteiger partial charge in [0.05, 0.1) is 185 Å². The molecule has 21 heterocycles. The fourth-order valence-corrected chi connectivity index (χ4v) is 15.5. The molecule has 21 saturated heterocycles. The highest BCUT2D eigenvalue weighted by Gasteiger charge is 2.62. The summed E-state index contributed by atoms with van der Waals surface area (Å²) in [6, 6.07) is 0. The molecule has 49 heteroatoms. The van der Waals surface area contributed by atoms with Crippen LogP contribution in [-0.4, -0.2) is 550 Å². The van der Waals surface area contributed by atoms with Crippen LogP contribution in [0, 0.1) is 0 Å². The van der Waals surface area contributed by atoms with Crippen molar-refractivity contribution in [1.29, 1.82) is 0 Å². The highest BCUT2D eigenvalue weighted by molar-refractivity contribution is 5.04. The molecule has 42 unspecified atom stereocenters. The third-order valence-electron chi connectivity index (χ3n) is 21.8. The first kappa shape index (κ1) is 114. The molecule has 21 aliphatic rings. The number of hydrogen-bond acceptors (Lipinski definition) is 49. The fourth-order valence-electron chi connectivity index (χ4n) is 15.5. The van der Waals surface area contributed by atoms with Crippen LogP contribution in [0.5, 0.6) is 0 Å². The molecule has 21 aliphatic heterocycles. The average Bonchev–Trinajstić information content (AvgIpc) is 0.819. The minimum absolute atomic E-state index is 0.0678. The van der Waals surface area contributed by atoms with E-state index in [1.165, 1.54) is 42.5 Å². The standard InChI is InChI=1S/C84H140O49/c1-8-15-106-29-43(92)36-113-71-57(99)64-50(22-85)120-78(71)127-65-51(23-86)121-80(72(58(65)100)114-37-44(93)30-107-16-9-2)129-67-53(25-88)123-82(74(60(67)102)116-39-46(95)32-109-18-11-4)131-69-55(27-90)125-84(76(62(69)104)118-41-48(97)34-111-20-13-6)133-70-56(28-91)126-83(77(63(70)105)119-42-49(98)35-112-21-14-7)132-68-54(26-89)124-81(75(61(68)103)117-40-47(96)33-110-19-12-5)130-66-52(24-87)122-79(128-64)73(59(66)101)115-38-45(94)31-108-17-10-3/h8-14,43-105H,1-7,15-42H2. The van der Waals surface area contributed by atoms with Gasteiger partial charge in [0, 0.05) is 0 Å². The lowest BCUT2D eigenvalue weighted by Crippen LogP contribution is -2.69. The summed E-state index contributed by atoms with van der Waals surface area (Å²) in [6.07, 6.45) is -73.0. The maximum Gasteiger partial charge on any atom is 0.187 e. The number of aliphatic hydroxyl groups excluding tert-OH is 21. The van der Waals surface area contributed by atoms with Gasteiger partial charge >= 0.3 is 0 Å². The molecule has 21 fully saturated rings. The fraction of sp³-hybridized carbons (Fsp3) is 0.833. The summed E-state index contributed by atoms with van der Waals surface area (Å²) in [7, 11) is 0. The van der Waals surface area contributed by atoms with Crippen LogP contribution in [0.15, 0.2) is 88.6 Å². The van der Waals surface area contributed by atoms with E-state index in [1.54, 1.807) is 0 Å². The Balaban J connectivity index is 1.31. The van der Waals surface area contributed by atoms with Gasteiger partial charge in [-0.3, -0.25) is 0 Å². The minimum Gasteiger partial charge on any atom is -0.394 e. The molecule has 0 radical (unpaired) electrons. The second kappa shape index (κ2) is 60.5. The van der Waals surface area contributed by atoms with Gasteiger partial charge in [-0.05, 0) is 0 Å². The topological polar surface area (TPSA) is 683 Å². The quantitative estimate of drug-likeness (QED) is 0.0199. The molecule has 14 bridgehead atoms. The Bertz CT molecular complexity index is 2650. The first-order valence-corrected chi connectivity index (χ1v) is 43.8. The summed E-state index contributed by atoms with van der Waals surface area (Å²) in [4.78, 5) is 0. The summed E-state index contributed by atoms with van der Waals surface area (Å²) in [5, 5.41) is 250. The maximum absolute atomic E-state index is 12.9. The minimum atomic E-state index is -2.23. The number of ether oxygens (including phenoxy) is 28. The van der Waals surface area contributed by atoms with Crippen molar-refractivity contribution in [2.45, 2.75) is 258 Å². The Morgan fingerprint density at radius 3 is 0.398 bits per heavy atom. The lowest BCUT2D eigenvalue weighted by Gasteiger charge is -2.51. The van der Waals surface area contributed by atoms with Crippen LogP contribution in [0.3, 0.4) is 0 Å². The van der Waals surface area contributed by atoms with Crippen LogP contribution in [-0.2, 0) is 133 Å². The third kappa shape index (κ3) is 33.2. The third-order valence-corrected chi connectivity index (χ3v) is 21.8. The van der Waals surface area contributed by atoms with Crippen molar-refractivity contribution in [1.82, 2.24) is 0 Å². The van der Waals surface area contributed by atoms with E-state index in [0.29, 0.717) is 0 Å². The van der Waals surface area contributed by atoms with Gasteiger partial charge in [-0.2, -0.15) is 0 Å². The Kier molecular flexibility index (Phi) is 52.1. The van der Waals surface area contributed by atoms with E-state index in [9.17, 15) is 107 Å². The van der Waals surface area contributed by atoms with Crippen molar-refractivity contribution < 1.29 is 240 Å². The Morgan fingerprint density at radius 2 is 0.301 bits per heavy atom. The van der Waals surface area contributed by atoms with Crippen LogP contribution in [0.4, 0.5) is 0 Å². The van der Waals surface area contributed by atoms with Crippen molar-refractivity contribution in [3.63, 3.8) is 0 Å². The van der Waals surface area contributed by atoms with E-state index in [2.05, 4.69) is 46.1 Å². The second-order valence-corrected chi connectivity index (χ2v) is 32.2. The highest BCUT2D eigenvalue weighted by atomic mass is 16.8. The normalized spacial score (nSPS) is 38.6. The summed E-state index contributed by atoms with van der Waals surface area (Å²) < 4.78 is 172. The highest BCUT2D eigenvalue weighted by Crippen LogP contribution is 2.42. The van der Waals surface area contributed by atoms with Gasteiger partial charge in [0.1, 0.15) is 214 Å². The van der Waals surface area contributed by atoms with Crippen LogP contribution in [0.2, 0.25) is 0 Å². The van der Waals surface area contributed by atoms with Crippen molar-refractivity contribution in [2.75, 3.05) is 185 Å². The number of rotatable bonds is 56. The maximum atomic E-state index is 12.9. The van der Waals surface area contributed by atoms with Crippen LogP contribution >= 0.6 is 0 Å². The lowest BCUT2D eigenvalue weighted by atomic mass is 9.94. The first-order valence-electron chi connectivity index (χ1n) is 43.8. The second-order valence-electron chi connectivity index (χ2n) is 32.2. The van der Waals surface area contributed by atoms with Crippen LogP contribution in [0.1, 0.15) is 0 Å². The summed E-state index contributed by atoms with van der Waals surface area (Å²) in [6.45, 7) is 8.35. The molecule has 0 amide bonds. The van der Waals surface area contributed by atoms with E-state index in [-0.39, 0.29) is 46.2 Å². The number of aliphatic hydroxyl groups is 21. The Hall–Kier alpha value is -3.78. The van der Waals surface area contributed by atoms with Gasteiger partial charge in [0.2, 0.25) is 0 Å². The van der Waals surface area contributed by atoms with Crippen LogP contribution < -0.4 is 0 Å². The van der Waals surface area contributed by atoms with Gasteiger partial charge < -0.3 is 240 Å². The number of hydrogen-bond donors (Lipinski definition) is 21. The summed E-state index contributed by atoms with van der Waals surface area (Å²) in [5.74, 6) is 0. The average molecular weight is 1930 g/mol. The monoisotopic (exact) mass is 1930 g/mol. The van der Waals surface area contributed by atoms with E-state index < -0.39 is 396 Å². The molecule has 21 rings (SSSR count). The zero-order valence-electron chi connectivity index (χ0n) is 73.9. The predicted octanol–water partition coefficient (Wildman–Crippen LogP) is -11.1. The molecule has 0 saturated carbocycles. The van der Waals surface area contributed by atoms with Crippen molar-refractivity contribution in [2.24, 2.45) is 0 Å². The van der Waals surface area contributed by atoms with E-state index in [1.807, 2.05) is 0 Å². The Morgan fingerprint density at radius 1 is 0.188 bits per heavy atom. The molecule has 133 heavy (non-hydrogen) atoms.